The third-order valence-electron chi connectivity index (χ3n) is 8.77. The highest BCUT2D eigenvalue weighted by Gasteiger charge is 2.20. The molecule has 0 atom stereocenters. The van der Waals surface area contributed by atoms with Crippen LogP contribution in [0.1, 0.15) is 0 Å². The van der Waals surface area contributed by atoms with Crippen LogP contribution in [0.15, 0.2) is 133 Å². The van der Waals surface area contributed by atoms with E-state index in [4.69, 9.17) is 4.98 Å². The van der Waals surface area contributed by atoms with E-state index in [1.807, 2.05) is 11.3 Å². The predicted molar refractivity (Wildman–Crippen MR) is 187 cm³/mol. The fraction of sp³-hybridized carbons (Fsp3) is 0. The van der Waals surface area contributed by atoms with Gasteiger partial charge in [-0.15, -0.1) is 22.7 Å². The minimum absolute atomic E-state index is 1.06. The van der Waals surface area contributed by atoms with Crippen molar-refractivity contribution in [2.24, 2.45) is 0 Å². The zero-order chi connectivity index (χ0) is 28.1. The fourth-order valence-electron chi connectivity index (χ4n) is 6.86. The predicted octanol–water partition coefficient (Wildman–Crippen LogP) is 11.7. The average molecular weight is 583 g/mol. The number of nitrogens with zero attached hydrogens (tertiary/aromatic N) is 2. The number of fused-ring (bicyclic) bond motifs is 9. The Kier molecular flexibility index (Phi) is 4.78. The smallest absolute Gasteiger partial charge is 0.125 e. The van der Waals surface area contributed by atoms with E-state index in [1.54, 1.807) is 11.3 Å². The third kappa shape index (κ3) is 3.36. The van der Waals surface area contributed by atoms with Crippen molar-refractivity contribution in [2.75, 3.05) is 0 Å². The fourth-order valence-corrected chi connectivity index (χ4v) is 9.04. The van der Waals surface area contributed by atoms with Crippen molar-refractivity contribution in [3.63, 3.8) is 0 Å². The molecule has 3 aromatic heterocycles. The molecule has 10 rings (SSSR count). The van der Waals surface area contributed by atoms with E-state index in [-0.39, 0.29) is 0 Å². The Labute approximate surface area is 254 Å². The van der Waals surface area contributed by atoms with Crippen LogP contribution in [0.4, 0.5) is 0 Å². The maximum absolute atomic E-state index is 5.17. The molecule has 0 bridgehead atoms. The topological polar surface area (TPSA) is 17.8 Å². The van der Waals surface area contributed by atoms with E-state index >= 15 is 0 Å². The van der Waals surface area contributed by atoms with Crippen molar-refractivity contribution in [1.82, 2.24) is 9.55 Å². The van der Waals surface area contributed by atoms with Gasteiger partial charge in [0, 0.05) is 42.2 Å². The molecule has 0 amide bonds. The van der Waals surface area contributed by atoms with Crippen LogP contribution in [0.25, 0.3) is 90.0 Å². The number of hydrogen-bond acceptors (Lipinski definition) is 3. The van der Waals surface area contributed by atoms with Gasteiger partial charge >= 0.3 is 0 Å². The van der Waals surface area contributed by atoms with E-state index in [1.165, 1.54) is 79.5 Å². The maximum Gasteiger partial charge on any atom is 0.125 e. The summed E-state index contributed by atoms with van der Waals surface area (Å²) >= 11 is 3.66. The number of aromatic nitrogens is 2. The number of thiazole rings is 1. The molecule has 2 nitrogen and oxygen atoms in total. The summed E-state index contributed by atoms with van der Waals surface area (Å²) < 4.78 is 6.26. The lowest BCUT2D eigenvalue weighted by atomic mass is 9.99. The van der Waals surface area contributed by atoms with Crippen LogP contribution in [0.2, 0.25) is 0 Å². The summed E-state index contributed by atoms with van der Waals surface area (Å²) in [6, 6.07) is 48.7. The third-order valence-corrected chi connectivity index (χ3v) is 10.9. The van der Waals surface area contributed by atoms with Crippen molar-refractivity contribution >= 4 is 96.4 Å². The molecule has 200 valence electrons. The van der Waals surface area contributed by atoms with Crippen molar-refractivity contribution in [1.29, 1.82) is 0 Å². The summed E-state index contributed by atoms with van der Waals surface area (Å²) in [4.78, 5) is 5.17. The first-order valence-corrected chi connectivity index (χ1v) is 16.1. The number of rotatable bonds is 2. The highest BCUT2D eigenvalue weighted by molar-refractivity contribution is 7.26. The molecule has 43 heavy (non-hydrogen) atoms. The summed E-state index contributed by atoms with van der Waals surface area (Å²) in [6.07, 6.45) is 0. The van der Waals surface area contributed by atoms with Crippen LogP contribution in [0, 0.1) is 0 Å². The molecule has 10 aromatic rings. The summed E-state index contributed by atoms with van der Waals surface area (Å²) in [5, 5.41) is 11.2. The van der Waals surface area contributed by atoms with Crippen LogP contribution in [-0.4, -0.2) is 9.55 Å². The average Bonchev–Trinajstić information content (AvgIpc) is 3.73. The van der Waals surface area contributed by atoms with Crippen LogP contribution in [-0.2, 0) is 0 Å². The number of para-hydroxylation sites is 2. The second kappa shape index (κ2) is 8.74. The molecule has 0 radical (unpaired) electrons. The molecule has 0 N–H and O–H groups in total. The number of benzene rings is 7. The van der Waals surface area contributed by atoms with Crippen LogP contribution in [0.5, 0.6) is 0 Å². The van der Waals surface area contributed by atoms with Crippen LogP contribution < -0.4 is 0 Å². The molecule has 0 fully saturated rings. The van der Waals surface area contributed by atoms with Gasteiger partial charge in [-0.3, -0.25) is 0 Å². The molecule has 0 aliphatic rings. The lowest BCUT2D eigenvalue weighted by Gasteiger charge is -2.10. The molecule has 4 heteroatoms. The molecule has 3 heterocycles. The Morgan fingerprint density at radius 2 is 1.21 bits per heavy atom. The van der Waals surface area contributed by atoms with E-state index in [0.29, 0.717) is 0 Å². The van der Waals surface area contributed by atoms with E-state index in [2.05, 4.69) is 138 Å². The summed E-state index contributed by atoms with van der Waals surface area (Å²) in [5.74, 6) is 0. The van der Waals surface area contributed by atoms with Crippen molar-refractivity contribution in [2.45, 2.75) is 0 Å². The first kappa shape index (κ1) is 23.5. The quantitative estimate of drug-likeness (QED) is 0.198. The monoisotopic (exact) mass is 582 g/mol. The molecule has 0 saturated carbocycles. The van der Waals surface area contributed by atoms with Gasteiger partial charge < -0.3 is 4.57 Å². The summed E-state index contributed by atoms with van der Waals surface area (Å²) in [6.45, 7) is 0. The standard InChI is InChI=1S/C39H22N2S2/c1-2-10-24-20-33-29(19-23(24)9-1)28-13-5-7-15-32(28)41(33)26-17-18-34-30(22-26)37-36(42-34)21-25-11-3-4-12-27(25)38(37)39-40-31-14-6-8-16-35(31)43-39/h1-22H. The molecule has 7 aromatic carbocycles. The van der Waals surface area contributed by atoms with Gasteiger partial charge in [0.1, 0.15) is 5.01 Å². The van der Waals surface area contributed by atoms with E-state index < -0.39 is 0 Å². The van der Waals surface area contributed by atoms with Crippen LogP contribution in [0.3, 0.4) is 0 Å². The van der Waals surface area contributed by atoms with Crippen LogP contribution >= 0.6 is 22.7 Å². The van der Waals surface area contributed by atoms with Gasteiger partial charge in [-0.2, -0.15) is 0 Å². The summed E-state index contributed by atoms with van der Waals surface area (Å²) in [7, 11) is 0. The normalized spacial score (nSPS) is 12.2. The Balaban J connectivity index is 1.33. The Hall–Kier alpha value is -5.03. The largest absolute Gasteiger partial charge is 0.309 e. The minimum atomic E-state index is 1.06. The van der Waals surface area contributed by atoms with Gasteiger partial charge in [0.05, 0.1) is 21.3 Å². The zero-order valence-corrected chi connectivity index (χ0v) is 24.5. The van der Waals surface area contributed by atoms with Crippen molar-refractivity contribution in [3.8, 4) is 16.3 Å². The Morgan fingerprint density at radius 1 is 0.465 bits per heavy atom. The molecule has 0 unspecified atom stereocenters. The van der Waals surface area contributed by atoms with Gasteiger partial charge in [-0.1, -0.05) is 78.9 Å². The lowest BCUT2D eigenvalue weighted by Crippen LogP contribution is -1.93. The van der Waals surface area contributed by atoms with Crippen molar-refractivity contribution < 1.29 is 0 Å². The molecular formula is C39H22N2S2. The van der Waals surface area contributed by atoms with Crippen molar-refractivity contribution in [3.05, 3.63) is 133 Å². The van der Waals surface area contributed by atoms with Gasteiger partial charge in [0.25, 0.3) is 0 Å². The van der Waals surface area contributed by atoms with Gasteiger partial charge in [0.2, 0.25) is 0 Å². The Morgan fingerprint density at radius 3 is 2.09 bits per heavy atom. The van der Waals surface area contributed by atoms with Gasteiger partial charge in [0.15, 0.2) is 0 Å². The molecule has 0 aliphatic carbocycles. The number of thiophene rings is 1. The lowest BCUT2D eigenvalue weighted by molar-refractivity contribution is 1.19. The molecule has 0 aliphatic heterocycles. The highest BCUT2D eigenvalue weighted by Crippen LogP contribution is 2.47. The minimum Gasteiger partial charge on any atom is -0.309 e. The molecule has 0 saturated heterocycles. The van der Waals surface area contributed by atoms with E-state index in [0.717, 1.165) is 10.5 Å². The first-order chi connectivity index (χ1) is 21.3. The number of hydrogen-bond donors (Lipinski definition) is 0. The Bertz CT molecular complexity index is 2710. The molecular weight excluding hydrogens is 561 g/mol. The zero-order valence-electron chi connectivity index (χ0n) is 22.9. The van der Waals surface area contributed by atoms with Gasteiger partial charge in [-0.05, 0) is 76.1 Å². The SMILES string of the molecule is c1ccc2cc3c(cc2c1)c1ccccc1n3-c1ccc2sc3cc4ccccc4c(-c4nc5ccccc5s4)c3c2c1. The molecule has 0 spiro atoms. The second-order valence-electron chi connectivity index (χ2n) is 11.2. The van der Waals surface area contributed by atoms with E-state index in [9.17, 15) is 0 Å². The highest BCUT2D eigenvalue weighted by atomic mass is 32.1. The first-order valence-electron chi connectivity index (χ1n) is 14.5. The second-order valence-corrected chi connectivity index (χ2v) is 13.3. The summed E-state index contributed by atoms with van der Waals surface area (Å²) in [5.41, 5.74) is 5.93. The van der Waals surface area contributed by atoms with Gasteiger partial charge in [-0.25, -0.2) is 4.98 Å². The maximum atomic E-state index is 5.17.